The maximum Gasteiger partial charge on any atom is 0.0462 e. The van der Waals surface area contributed by atoms with Crippen LogP contribution in [0.25, 0.3) is 0 Å². The van der Waals surface area contributed by atoms with Crippen molar-refractivity contribution in [3.63, 3.8) is 0 Å². The van der Waals surface area contributed by atoms with E-state index in [2.05, 4.69) is 51.3 Å². The van der Waals surface area contributed by atoms with Gasteiger partial charge < -0.3 is 0 Å². The summed E-state index contributed by atoms with van der Waals surface area (Å²) in [5.41, 5.74) is 2.66. The van der Waals surface area contributed by atoms with Crippen LogP contribution in [0.3, 0.4) is 0 Å². The van der Waals surface area contributed by atoms with Crippen molar-refractivity contribution in [1.29, 1.82) is 10.5 Å². The minimum absolute atomic E-state index is 1.33. The average molecular weight is 160 g/mol. The van der Waals surface area contributed by atoms with Crippen LogP contribution in [-0.2, 0) is 0 Å². The highest BCUT2D eigenvalue weighted by molar-refractivity contribution is 5.19. The van der Waals surface area contributed by atoms with Gasteiger partial charge in [0.2, 0.25) is 0 Å². The quantitative estimate of drug-likeness (QED) is 0.585. The second kappa shape index (κ2) is 9.20. The van der Waals surface area contributed by atoms with Crippen LogP contribution in [0.5, 0.6) is 0 Å². The molecule has 0 spiro atoms. The first-order valence-electron chi connectivity index (χ1n) is 3.34. The Morgan fingerprint density at radius 2 is 0.917 bits per heavy atom. The standard InChI is InChI=1S/C8H10.2CHN/c1-7-3-5-8(2)6-4-7;2*1-2/h3-6H,1-2H3;2*1H. The molecule has 2 nitrogen and oxygen atoms in total. The molecule has 0 bridgehead atoms. The molecule has 0 radical (unpaired) electrons. The Morgan fingerprint density at radius 1 is 0.750 bits per heavy atom. The summed E-state index contributed by atoms with van der Waals surface area (Å²) in [5.74, 6) is 0. The van der Waals surface area contributed by atoms with Crippen molar-refractivity contribution in [3.8, 4) is 13.1 Å². The van der Waals surface area contributed by atoms with E-state index in [0.29, 0.717) is 0 Å². The molecule has 0 aliphatic heterocycles. The van der Waals surface area contributed by atoms with E-state index in [1.165, 1.54) is 11.1 Å². The van der Waals surface area contributed by atoms with Crippen molar-refractivity contribution >= 4 is 0 Å². The molecule has 1 aromatic rings. The van der Waals surface area contributed by atoms with E-state index < -0.39 is 0 Å². The fourth-order valence-corrected chi connectivity index (χ4v) is 0.637. The minimum Gasteiger partial charge on any atom is -0.202 e. The summed E-state index contributed by atoms with van der Waals surface area (Å²) in [4.78, 5) is 0. The first-order valence-corrected chi connectivity index (χ1v) is 3.34. The summed E-state index contributed by atoms with van der Waals surface area (Å²) in [6.07, 6.45) is 0. The lowest BCUT2D eigenvalue weighted by atomic mass is 10.2. The molecule has 0 N–H and O–H groups in total. The maximum atomic E-state index is 6.50. The smallest absolute Gasteiger partial charge is 0.0462 e. The monoisotopic (exact) mass is 160 g/mol. The van der Waals surface area contributed by atoms with Crippen molar-refractivity contribution in [2.45, 2.75) is 13.8 Å². The average Bonchev–Trinajstić information content (AvgIpc) is 2.17. The number of nitriles is 2. The van der Waals surface area contributed by atoms with Crippen molar-refractivity contribution in [3.05, 3.63) is 35.4 Å². The van der Waals surface area contributed by atoms with E-state index in [1.54, 1.807) is 0 Å². The number of nitrogens with zero attached hydrogens (tertiary/aromatic N) is 2. The van der Waals surface area contributed by atoms with Crippen molar-refractivity contribution in [1.82, 2.24) is 0 Å². The molecule has 0 aliphatic rings. The molecule has 0 heterocycles. The molecular weight excluding hydrogens is 148 g/mol. The van der Waals surface area contributed by atoms with Gasteiger partial charge in [0.05, 0.1) is 0 Å². The molecule has 12 heavy (non-hydrogen) atoms. The molecule has 1 aromatic carbocycles. The second-order valence-electron chi connectivity index (χ2n) is 2.15. The van der Waals surface area contributed by atoms with Crippen LogP contribution in [0, 0.1) is 37.5 Å². The SMILES string of the molecule is C#N.C#N.Cc1ccc(C)cc1. The fraction of sp³-hybridized carbons (Fsp3) is 0.200. The molecule has 0 saturated carbocycles. The summed E-state index contributed by atoms with van der Waals surface area (Å²) in [6.45, 7) is 11.2. The lowest BCUT2D eigenvalue weighted by molar-refractivity contribution is 1.40. The molecule has 0 aromatic heterocycles. The van der Waals surface area contributed by atoms with E-state index in [1.807, 2.05) is 0 Å². The lowest BCUT2D eigenvalue weighted by Gasteiger charge is -1.90. The zero-order valence-electron chi connectivity index (χ0n) is 7.36. The third kappa shape index (κ3) is 6.32. The van der Waals surface area contributed by atoms with Gasteiger partial charge in [-0.15, -0.1) is 0 Å². The summed E-state index contributed by atoms with van der Waals surface area (Å²) in [5, 5.41) is 13.0. The van der Waals surface area contributed by atoms with E-state index in [-0.39, 0.29) is 0 Å². The summed E-state index contributed by atoms with van der Waals surface area (Å²) < 4.78 is 0. The highest BCUT2D eigenvalue weighted by Crippen LogP contribution is 1.99. The zero-order valence-corrected chi connectivity index (χ0v) is 7.36. The van der Waals surface area contributed by atoms with E-state index in [9.17, 15) is 0 Å². The van der Waals surface area contributed by atoms with Crippen molar-refractivity contribution in [2.75, 3.05) is 0 Å². The molecule has 0 atom stereocenters. The van der Waals surface area contributed by atoms with Gasteiger partial charge in [-0.05, 0) is 13.8 Å². The Bertz CT molecular complexity index is 204. The topological polar surface area (TPSA) is 47.6 Å². The van der Waals surface area contributed by atoms with Gasteiger partial charge in [0.15, 0.2) is 0 Å². The predicted octanol–water partition coefficient (Wildman–Crippen LogP) is 2.58. The predicted molar refractivity (Wildman–Crippen MR) is 49.3 cm³/mol. The maximum absolute atomic E-state index is 6.50. The second-order valence-corrected chi connectivity index (χ2v) is 2.15. The largest absolute Gasteiger partial charge is 0.202 e. The van der Waals surface area contributed by atoms with Crippen LogP contribution >= 0.6 is 0 Å². The Hall–Kier alpha value is -1.80. The number of hydrogen-bond donors (Lipinski definition) is 0. The molecule has 0 amide bonds. The highest BCUT2D eigenvalue weighted by atomic mass is 14.2. The van der Waals surface area contributed by atoms with Gasteiger partial charge in [-0.3, -0.25) is 0 Å². The van der Waals surface area contributed by atoms with Crippen LogP contribution in [0.1, 0.15) is 11.1 Å². The van der Waals surface area contributed by atoms with Gasteiger partial charge in [0, 0.05) is 13.1 Å². The van der Waals surface area contributed by atoms with Gasteiger partial charge in [-0.25, -0.2) is 10.5 Å². The Kier molecular flexibility index (Phi) is 9.84. The third-order valence-corrected chi connectivity index (χ3v) is 1.22. The molecule has 2 heteroatoms. The Morgan fingerprint density at radius 3 is 1.08 bits per heavy atom. The first kappa shape index (κ1) is 12.8. The molecule has 0 aliphatic carbocycles. The number of aryl methyl sites for hydroxylation is 2. The zero-order chi connectivity index (χ0) is 9.98. The first-order chi connectivity index (χ1) is 5.79. The van der Waals surface area contributed by atoms with E-state index >= 15 is 0 Å². The summed E-state index contributed by atoms with van der Waals surface area (Å²) >= 11 is 0. The summed E-state index contributed by atoms with van der Waals surface area (Å²) in [6, 6.07) is 8.48. The molecule has 1 rings (SSSR count). The van der Waals surface area contributed by atoms with Gasteiger partial charge in [-0.2, -0.15) is 0 Å². The third-order valence-electron chi connectivity index (χ3n) is 1.22. The lowest BCUT2D eigenvalue weighted by Crippen LogP contribution is -1.70. The van der Waals surface area contributed by atoms with Crippen LogP contribution in [-0.4, -0.2) is 0 Å². The van der Waals surface area contributed by atoms with Crippen molar-refractivity contribution < 1.29 is 0 Å². The van der Waals surface area contributed by atoms with Gasteiger partial charge in [0.25, 0.3) is 0 Å². The van der Waals surface area contributed by atoms with Gasteiger partial charge >= 0.3 is 0 Å². The molecule has 0 saturated heterocycles. The normalized spacial score (nSPS) is 6.50. The highest BCUT2D eigenvalue weighted by Gasteiger charge is 1.79. The number of rotatable bonds is 0. The van der Waals surface area contributed by atoms with Crippen LogP contribution < -0.4 is 0 Å². The fourth-order valence-electron chi connectivity index (χ4n) is 0.637. The number of benzene rings is 1. The van der Waals surface area contributed by atoms with E-state index in [0.717, 1.165) is 0 Å². The van der Waals surface area contributed by atoms with Crippen LogP contribution in [0.4, 0.5) is 0 Å². The van der Waals surface area contributed by atoms with E-state index in [4.69, 9.17) is 10.5 Å². The molecule has 0 unspecified atom stereocenters. The van der Waals surface area contributed by atoms with Gasteiger partial charge in [-0.1, -0.05) is 35.4 Å². The minimum atomic E-state index is 1.33. The Balaban J connectivity index is 0. The van der Waals surface area contributed by atoms with Crippen LogP contribution in [0.2, 0.25) is 0 Å². The Labute approximate surface area is 73.7 Å². The van der Waals surface area contributed by atoms with Crippen LogP contribution in [0.15, 0.2) is 24.3 Å². The molecular formula is C10H12N2. The molecule has 0 fully saturated rings. The molecule has 62 valence electrons. The van der Waals surface area contributed by atoms with Crippen molar-refractivity contribution in [2.24, 2.45) is 0 Å². The number of hydrogen-bond acceptors (Lipinski definition) is 2. The van der Waals surface area contributed by atoms with Gasteiger partial charge in [0.1, 0.15) is 0 Å². The summed E-state index contributed by atoms with van der Waals surface area (Å²) in [7, 11) is 0.